The van der Waals surface area contributed by atoms with Crippen LogP contribution in [-0.2, 0) is 0 Å². The Kier molecular flexibility index (Phi) is 0.567. The van der Waals surface area contributed by atoms with Crippen LogP contribution in [0.4, 0.5) is 0 Å². The van der Waals surface area contributed by atoms with Crippen LogP contribution in [-0.4, -0.2) is 15.5 Å². The summed E-state index contributed by atoms with van der Waals surface area (Å²) < 4.78 is 0. The van der Waals surface area contributed by atoms with E-state index in [9.17, 15) is 0 Å². The molecule has 1 aromatic heterocycles. The molecule has 0 aromatic carbocycles. The lowest BCUT2D eigenvalue weighted by Gasteiger charge is -1.74. The van der Waals surface area contributed by atoms with Crippen LogP contribution in [0.1, 0.15) is 5.82 Å². The van der Waals surface area contributed by atoms with Crippen LogP contribution in [0, 0.1) is 6.92 Å². The first-order valence-electron chi connectivity index (χ1n) is 1.55. The van der Waals surface area contributed by atoms with Crippen molar-refractivity contribution in [2.75, 3.05) is 0 Å². The van der Waals surface area contributed by atoms with Gasteiger partial charge in [-0.15, -0.1) is 0 Å². The minimum atomic E-state index is 0.620. The van der Waals surface area contributed by atoms with Crippen molar-refractivity contribution >= 4 is 0 Å². The molecular formula is C2H3N4-. The zero-order valence-corrected chi connectivity index (χ0v) is 3.29. The van der Waals surface area contributed by atoms with E-state index in [1.165, 1.54) is 0 Å². The Morgan fingerprint density at radius 3 is 2.67 bits per heavy atom. The Bertz CT molecular complexity index is 109. The molecular weight excluding hydrogens is 80.0 g/mol. The zero-order chi connectivity index (χ0) is 4.41. The van der Waals surface area contributed by atoms with Crippen molar-refractivity contribution in [2.45, 2.75) is 6.92 Å². The minimum Gasteiger partial charge on any atom is -0.336 e. The van der Waals surface area contributed by atoms with Gasteiger partial charge in [-0.3, -0.25) is 10.3 Å². The normalized spacial score (nSPS) is 8.83. The average molecular weight is 83.1 g/mol. The van der Waals surface area contributed by atoms with Crippen molar-refractivity contribution in [2.24, 2.45) is 0 Å². The third kappa shape index (κ3) is 0.357. The third-order valence-corrected chi connectivity index (χ3v) is 0.419. The molecule has 4 nitrogen and oxygen atoms in total. The topological polar surface area (TPSA) is 52.8 Å². The van der Waals surface area contributed by atoms with Crippen molar-refractivity contribution in [1.82, 2.24) is 20.6 Å². The first-order valence-corrected chi connectivity index (χ1v) is 1.55. The van der Waals surface area contributed by atoms with Gasteiger partial charge in [0.1, 0.15) is 0 Å². The van der Waals surface area contributed by atoms with Crippen LogP contribution in [0.25, 0.3) is 0 Å². The zero-order valence-electron chi connectivity index (χ0n) is 3.29. The highest BCUT2D eigenvalue weighted by Crippen LogP contribution is 1.67. The van der Waals surface area contributed by atoms with E-state index in [1.54, 1.807) is 6.92 Å². The van der Waals surface area contributed by atoms with E-state index in [4.69, 9.17) is 0 Å². The monoisotopic (exact) mass is 83.0 g/mol. The van der Waals surface area contributed by atoms with E-state index < -0.39 is 0 Å². The average Bonchev–Trinajstić information content (AvgIpc) is 1.86. The molecule has 32 valence electrons. The highest BCUT2D eigenvalue weighted by Gasteiger charge is 1.64. The Morgan fingerprint density at radius 1 is 1.67 bits per heavy atom. The number of aromatic nitrogens is 4. The summed E-state index contributed by atoms with van der Waals surface area (Å²) in [5.74, 6) is 0.620. The van der Waals surface area contributed by atoms with Crippen LogP contribution in [0.2, 0.25) is 0 Å². The SMILES string of the molecule is Cc1nnn[n-]1. The number of aryl methyl sites for hydroxylation is 1. The van der Waals surface area contributed by atoms with Gasteiger partial charge in [0.25, 0.3) is 0 Å². The summed E-state index contributed by atoms with van der Waals surface area (Å²) in [6, 6.07) is 0. The molecule has 1 heterocycles. The van der Waals surface area contributed by atoms with E-state index in [1.807, 2.05) is 0 Å². The van der Waals surface area contributed by atoms with Gasteiger partial charge in [0, 0.05) is 5.82 Å². The van der Waals surface area contributed by atoms with Gasteiger partial charge >= 0.3 is 0 Å². The second-order valence-corrected chi connectivity index (χ2v) is 0.926. The smallest absolute Gasteiger partial charge is 0.00677 e. The third-order valence-electron chi connectivity index (χ3n) is 0.419. The molecule has 0 aliphatic heterocycles. The van der Waals surface area contributed by atoms with E-state index >= 15 is 0 Å². The molecule has 0 saturated carbocycles. The number of nitrogens with zero attached hydrogens (tertiary/aromatic N) is 4. The van der Waals surface area contributed by atoms with Crippen molar-refractivity contribution in [3.05, 3.63) is 5.82 Å². The van der Waals surface area contributed by atoms with E-state index in [2.05, 4.69) is 20.6 Å². The quantitative estimate of drug-likeness (QED) is 0.409. The first-order chi connectivity index (χ1) is 2.89. The standard InChI is InChI=1S/C2H3N4/c1-2-3-5-6-4-2/h1H3/q-1. The predicted octanol–water partition coefficient (Wildman–Crippen LogP) is -0.863. The number of rotatable bonds is 0. The van der Waals surface area contributed by atoms with Gasteiger partial charge in [-0.05, 0) is 6.92 Å². The highest BCUT2D eigenvalue weighted by molar-refractivity contribution is 4.63. The van der Waals surface area contributed by atoms with Gasteiger partial charge in [-0.1, -0.05) is 0 Å². The summed E-state index contributed by atoms with van der Waals surface area (Å²) in [7, 11) is 0. The molecule has 0 spiro atoms. The van der Waals surface area contributed by atoms with Crippen molar-refractivity contribution < 1.29 is 0 Å². The molecule has 0 atom stereocenters. The van der Waals surface area contributed by atoms with E-state index in [0.717, 1.165) is 0 Å². The molecule has 0 saturated heterocycles. The second-order valence-electron chi connectivity index (χ2n) is 0.926. The predicted molar refractivity (Wildman–Crippen MR) is 17.9 cm³/mol. The summed E-state index contributed by atoms with van der Waals surface area (Å²) in [5, 5.41) is 13.3. The fourth-order valence-electron chi connectivity index (χ4n) is 0.189. The van der Waals surface area contributed by atoms with Gasteiger partial charge in [0.2, 0.25) is 0 Å². The van der Waals surface area contributed by atoms with Crippen molar-refractivity contribution in [3.63, 3.8) is 0 Å². The van der Waals surface area contributed by atoms with Crippen molar-refractivity contribution in [1.29, 1.82) is 0 Å². The molecule has 1 rings (SSSR count). The molecule has 0 radical (unpaired) electrons. The number of hydrogen-bond acceptors (Lipinski definition) is 3. The van der Waals surface area contributed by atoms with Gasteiger partial charge in [-0.2, -0.15) is 5.21 Å². The summed E-state index contributed by atoms with van der Waals surface area (Å²) >= 11 is 0. The maximum absolute atomic E-state index is 3.44. The molecule has 0 fully saturated rings. The minimum absolute atomic E-state index is 0.620. The molecule has 4 heteroatoms. The first kappa shape index (κ1) is 3.27. The highest BCUT2D eigenvalue weighted by atomic mass is 15.5. The summed E-state index contributed by atoms with van der Waals surface area (Å²) in [6.45, 7) is 1.74. The lowest BCUT2D eigenvalue weighted by Crippen LogP contribution is -1.74. The van der Waals surface area contributed by atoms with Gasteiger partial charge < -0.3 is 5.10 Å². The Balaban J connectivity index is 3.05. The van der Waals surface area contributed by atoms with Crippen LogP contribution < -0.4 is 5.10 Å². The largest absolute Gasteiger partial charge is 0.336 e. The molecule has 6 heavy (non-hydrogen) atoms. The second kappa shape index (κ2) is 1.04. The molecule has 0 unspecified atom stereocenters. The van der Waals surface area contributed by atoms with Crippen LogP contribution in [0.3, 0.4) is 0 Å². The maximum Gasteiger partial charge on any atom is 0.00677 e. The maximum atomic E-state index is 3.44. The van der Waals surface area contributed by atoms with Crippen molar-refractivity contribution in [3.8, 4) is 0 Å². The fourth-order valence-corrected chi connectivity index (χ4v) is 0.189. The van der Waals surface area contributed by atoms with Gasteiger partial charge in [-0.25, -0.2) is 0 Å². The van der Waals surface area contributed by atoms with Crippen LogP contribution in [0.15, 0.2) is 0 Å². The Labute approximate surface area is 34.6 Å². The molecule has 0 bridgehead atoms. The summed E-state index contributed by atoms with van der Waals surface area (Å²) in [6.07, 6.45) is 0. The number of hydrogen-bond donors (Lipinski definition) is 0. The molecule has 0 N–H and O–H groups in total. The Hall–Kier alpha value is -0.930. The molecule has 0 aliphatic rings. The van der Waals surface area contributed by atoms with Crippen LogP contribution >= 0.6 is 0 Å². The fraction of sp³-hybridized carbons (Fsp3) is 0.500. The number of tetrazole rings is 1. The lowest BCUT2D eigenvalue weighted by molar-refractivity contribution is 0.871. The summed E-state index contributed by atoms with van der Waals surface area (Å²) in [4.78, 5) is 0. The molecule has 0 aliphatic carbocycles. The summed E-state index contributed by atoms with van der Waals surface area (Å²) in [5.41, 5.74) is 0. The van der Waals surface area contributed by atoms with Crippen LogP contribution in [0.5, 0.6) is 0 Å². The van der Waals surface area contributed by atoms with Gasteiger partial charge in [0.15, 0.2) is 0 Å². The molecule has 1 aromatic rings. The van der Waals surface area contributed by atoms with E-state index in [-0.39, 0.29) is 0 Å². The van der Waals surface area contributed by atoms with Gasteiger partial charge in [0.05, 0.1) is 0 Å². The lowest BCUT2D eigenvalue weighted by atomic mass is 10.8. The van der Waals surface area contributed by atoms with E-state index in [0.29, 0.717) is 5.82 Å². The molecule has 0 amide bonds. The Morgan fingerprint density at radius 2 is 2.50 bits per heavy atom.